The van der Waals surface area contributed by atoms with Crippen LogP contribution >= 0.6 is 0 Å². The zero-order valence-electron chi connectivity index (χ0n) is 10.3. The Morgan fingerprint density at radius 2 is 2.22 bits per heavy atom. The first kappa shape index (κ1) is 12.8. The lowest BCUT2D eigenvalue weighted by molar-refractivity contribution is -0.385. The monoisotopic (exact) mass is 251 g/mol. The molecule has 5 heteroatoms. The van der Waals surface area contributed by atoms with Crippen molar-refractivity contribution in [2.45, 2.75) is 31.8 Å². The van der Waals surface area contributed by atoms with Crippen LogP contribution in [0.2, 0.25) is 0 Å². The molecule has 0 bridgehead atoms. The Labute approximate surface area is 106 Å². The SMILES string of the molecule is COc1cc(CC2CCCC2O)cc([N+](=O)[O-])c1. The average molecular weight is 251 g/mol. The molecule has 0 aromatic heterocycles. The highest BCUT2D eigenvalue weighted by Gasteiger charge is 2.26. The Bertz CT molecular complexity index is 447. The van der Waals surface area contributed by atoms with Gasteiger partial charge in [0.2, 0.25) is 0 Å². The second-order valence-corrected chi connectivity index (χ2v) is 4.76. The fourth-order valence-corrected chi connectivity index (χ4v) is 2.54. The van der Waals surface area contributed by atoms with Crippen LogP contribution in [0.25, 0.3) is 0 Å². The fraction of sp³-hybridized carbons (Fsp3) is 0.538. The van der Waals surface area contributed by atoms with Gasteiger partial charge < -0.3 is 9.84 Å². The maximum absolute atomic E-state index is 10.8. The summed E-state index contributed by atoms with van der Waals surface area (Å²) >= 11 is 0. The normalized spacial score (nSPS) is 23.0. The van der Waals surface area contributed by atoms with Crippen LogP contribution in [0.5, 0.6) is 5.75 Å². The third-order valence-corrected chi connectivity index (χ3v) is 3.51. The number of ether oxygens (including phenoxy) is 1. The summed E-state index contributed by atoms with van der Waals surface area (Å²) in [6, 6.07) is 4.78. The van der Waals surface area contributed by atoms with Crippen LogP contribution in [0, 0.1) is 16.0 Å². The summed E-state index contributed by atoms with van der Waals surface area (Å²) in [5.74, 6) is 0.698. The standard InChI is InChI=1S/C13H17NO4/c1-18-12-7-9(6-11(8-12)14(16)17)5-10-3-2-4-13(10)15/h6-8,10,13,15H,2-5H2,1H3. The van der Waals surface area contributed by atoms with Gasteiger partial charge in [-0.25, -0.2) is 0 Å². The van der Waals surface area contributed by atoms with E-state index in [2.05, 4.69) is 0 Å². The Kier molecular flexibility index (Phi) is 3.81. The van der Waals surface area contributed by atoms with Crippen molar-refractivity contribution in [3.63, 3.8) is 0 Å². The molecule has 1 aliphatic carbocycles. The number of hydrogen-bond acceptors (Lipinski definition) is 4. The van der Waals surface area contributed by atoms with Crippen molar-refractivity contribution in [2.24, 2.45) is 5.92 Å². The van der Waals surface area contributed by atoms with E-state index in [1.54, 1.807) is 12.1 Å². The van der Waals surface area contributed by atoms with E-state index in [1.807, 2.05) is 0 Å². The van der Waals surface area contributed by atoms with E-state index in [9.17, 15) is 15.2 Å². The summed E-state index contributed by atoms with van der Waals surface area (Å²) in [5.41, 5.74) is 0.892. The van der Waals surface area contributed by atoms with E-state index in [1.165, 1.54) is 13.2 Å². The molecule has 1 aromatic rings. The van der Waals surface area contributed by atoms with Crippen LogP contribution < -0.4 is 4.74 Å². The minimum Gasteiger partial charge on any atom is -0.496 e. The number of nitro groups is 1. The smallest absolute Gasteiger partial charge is 0.273 e. The van der Waals surface area contributed by atoms with E-state index in [4.69, 9.17) is 4.74 Å². The van der Waals surface area contributed by atoms with Gasteiger partial charge in [0.05, 0.1) is 24.2 Å². The maximum Gasteiger partial charge on any atom is 0.273 e. The zero-order valence-corrected chi connectivity index (χ0v) is 10.3. The quantitative estimate of drug-likeness (QED) is 0.658. The Morgan fingerprint density at radius 1 is 1.44 bits per heavy atom. The van der Waals surface area contributed by atoms with Crippen LogP contribution in [-0.2, 0) is 6.42 Å². The molecule has 5 nitrogen and oxygen atoms in total. The zero-order chi connectivity index (χ0) is 13.1. The van der Waals surface area contributed by atoms with Crippen LogP contribution in [0.15, 0.2) is 18.2 Å². The van der Waals surface area contributed by atoms with Gasteiger partial charge in [-0.3, -0.25) is 10.1 Å². The summed E-state index contributed by atoms with van der Waals surface area (Å²) in [4.78, 5) is 10.4. The second-order valence-electron chi connectivity index (χ2n) is 4.76. The first-order valence-electron chi connectivity index (χ1n) is 6.10. The molecule has 1 saturated carbocycles. The molecule has 1 N–H and O–H groups in total. The summed E-state index contributed by atoms with van der Waals surface area (Å²) < 4.78 is 5.07. The molecule has 0 saturated heterocycles. The van der Waals surface area contributed by atoms with Crippen molar-refractivity contribution < 1.29 is 14.8 Å². The average Bonchev–Trinajstić information content (AvgIpc) is 2.74. The van der Waals surface area contributed by atoms with Crippen molar-refractivity contribution in [3.05, 3.63) is 33.9 Å². The molecular formula is C13H17NO4. The topological polar surface area (TPSA) is 72.6 Å². The maximum atomic E-state index is 10.8. The molecule has 0 radical (unpaired) electrons. The van der Waals surface area contributed by atoms with Gasteiger partial charge in [-0.05, 0) is 36.8 Å². The molecule has 0 amide bonds. The van der Waals surface area contributed by atoms with E-state index in [0.717, 1.165) is 24.8 Å². The molecule has 1 aliphatic rings. The summed E-state index contributed by atoms with van der Waals surface area (Å²) in [6.07, 6.45) is 3.22. The van der Waals surface area contributed by atoms with Crippen molar-refractivity contribution in [3.8, 4) is 5.75 Å². The molecular weight excluding hydrogens is 234 g/mol. The molecule has 2 unspecified atom stereocenters. The third-order valence-electron chi connectivity index (χ3n) is 3.51. The number of hydrogen-bond donors (Lipinski definition) is 1. The number of non-ortho nitro benzene ring substituents is 1. The van der Waals surface area contributed by atoms with Crippen LogP contribution in [-0.4, -0.2) is 23.2 Å². The van der Waals surface area contributed by atoms with Crippen molar-refractivity contribution in [1.29, 1.82) is 0 Å². The van der Waals surface area contributed by atoms with Crippen LogP contribution in [0.4, 0.5) is 5.69 Å². The third kappa shape index (κ3) is 2.79. The first-order chi connectivity index (χ1) is 8.60. The van der Waals surface area contributed by atoms with Crippen molar-refractivity contribution >= 4 is 5.69 Å². The van der Waals surface area contributed by atoms with Gasteiger partial charge >= 0.3 is 0 Å². The molecule has 1 aromatic carbocycles. The molecule has 0 heterocycles. The summed E-state index contributed by atoms with van der Waals surface area (Å²) in [5, 5.41) is 20.6. The van der Waals surface area contributed by atoms with E-state index >= 15 is 0 Å². The molecule has 1 fully saturated rings. The Hall–Kier alpha value is -1.62. The van der Waals surface area contributed by atoms with Gasteiger partial charge in [0.1, 0.15) is 5.75 Å². The fourth-order valence-electron chi connectivity index (χ4n) is 2.54. The summed E-state index contributed by atoms with van der Waals surface area (Å²) in [7, 11) is 1.49. The number of nitrogens with zero attached hydrogens (tertiary/aromatic N) is 1. The number of benzene rings is 1. The molecule has 0 aliphatic heterocycles. The first-order valence-corrected chi connectivity index (χ1v) is 6.10. The number of aliphatic hydroxyl groups is 1. The Morgan fingerprint density at radius 3 is 2.78 bits per heavy atom. The van der Waals surface area contributed by atoms with Gasteiger partial charge in [-0.1, -0.05) is 6.42 Å². The lowest BCUT2D eigenvalue weighted by Gasteiger charge is -2.14. The lowest BCUT2D eigenvalue weighted by Crippen LogP contribution is -2.15. The summed E-state index contributed by atoms with van der Waals surface area (Å²) in [6.45, 7) is 0. The second kappa shape index (κ2) is 5.35. The Balaban J connectivity index is 2.21. The molecule has 0 spiro atoms. The van der Waals surface area contributed by atoms with Gasteiger partial charge in [0.15, 0.2) is 0 Å². The molecule has 2 rings (SSSR count). The highest BCUT2D eigenvalue weighted by Crippen LogP contribution is 2.31. The lowest BCUT2D eigenvalue weighted by atomic mass is 9.96. The van der Waals surface area contributed by atoms with Crippen LogP contribution in [0.1, 0.15) is 24.8 Å². The van der Waals surface area contributed by atoms with E-state index in [0.29, 0.717) is 12.2 Å². The van der Waals surface area contributed by atoms with Gasteiger partial charge in [0.25, 0.3) is 5.69 Å². The van der Waals surface area contributed by atoms with Gasteiger partial charge in [0, 0.05) is 6.07 Å². The highest BCUT2D eigenvalue weighted by molar-refractivity contribution is 5.43. The van der Waals surface area contributed by atoms with Crippen molar-refractivity contribution in [2.75, 3.05) is 7.11 Å². The van der Waals surface area contributed by atoms with Crippen molar-refractivity contribution in [1.82, 2.24) is 0 Å². The van der Waals surface area contributed by atoms with Gasteiger partial charge in [-0.15, -0.1) is 0 Å². The van der Waals surface area contributed by atoms with Gasteiger partial charge in [-0.2, -0.15) is 0 Å². The highest BCUT2D eigenvalue weighted by atomic mass is 16.6. The minimum atomic E-state index is -0.420. The number of rotatable bonds is 4. The molecule has 2 atom stereocenters. The molecule has 98 valence electrons. The predicted octanol–water partition coefficient (Wildman–Crippen LogP) is 2.31. The number of aliphatic hydroxyl groups excluding tert-OH is 1. The largest absolute Gasteiger partial charge is 0.496 e. The van der Waals surface area contributed by atoms with Crippen LogP contribution in [0.3, 0.4) is 0 Å². The number of methoxy groups -OCH3 is 1. The minimum absolute atomic E-state index is 0.0387. The van der Waals surface area contributed by atoms with E-state index in [-0.39, 0.29) is 17.7 Å². The molecule has 18 heavy (non-hydrogen) atoms. The predicted molar refractivity (Wildman–Crippen MR) is 66.7 cm³/mol. The number of nitro benzene ring substituents is 1. The van der Waals surface area contributed by atoms with E-state index < -0.39 is 4.92 Å².